The molecule has 1 aliphatic heterocycles. The van der Waals surface area contributed by atoms with E-state index < -0.39 is 0 Å². The maximum absolute atomic E-state index is 11.5. The lowest BCUT2D eigenvalue weighted by Gasteiger charge is -2.22. The van der Waals surface area contributed by atoms with Crippen molar-refractivity contribution in [3.8, 4) is 0 Å². The smallest absolute Gasteiger partial charge is 0.220 e. The first-order chi connectivity index (χ1) is 8.72. The molecular weight excluding hydrogens is 230 g/mol. The van der Waals surface area contributed by atoms with Crippen LogP contribution >= 0.6 is 0 Å². The van der Waals surface area contributed by atoms with Gasteiger partial charge in [0.25, 0.3) is 0 Å². The van der Waals surface area contributed by atoms with E-state index in [1.165, 1.54) is 6.42 Å². The fourth-order valence-electron chi connectivity index (χ4n) is 1.89. The molecule has 4 heteroatoms. The number of rotatable bonds is 8. The van der Waals surface area contributed by atoms with Crippen LogP contribution in [0.1, 0.15) is 52.4 Å². The van der Waals surface area contributed by atoms with Gasteiger partial charge in [0.2, 0.25) is 5.91 Å². The lowest BCUT2D eigenvalue weighted by Crippen LogP contribution is -2.28. The molecule has 1 N–H and O–H groups in total. The van der Waals surface area contributed by atoms with Gasteiger partial charge in [-0.25, -0.2) is 0 Å². The topological polar surface area (TPSA) is 47.6 Å². The van der Waals surface area contributed by atoms with Crippen LogP contribution in [0.2, 0.25) is 0 Å². The highest BCUT2D eigenvalue weighted by Crippen LogP contribution is 2.13. The van der Waals surface area contributed by atoms with Crippen LogP contribution in [0.3, 0.4) is 0 Å². The maximum atomic E-state index is 11.5. The number of amides is 1. The van der Waals surface area contributed by atoms with Crippen LogP contribution in [0, 0.1) is 5.92 Å². The van der Waals surface area contributed by atoms with Crippen LogP contribution in [0.4, 0.5) is 0 Å². The third kappa shape index (κ3) is 6.97. The average Bonchev–Trinajstić information content (AvgIpc) is 2.39. The van der Waals surface area contributed by atoms with Crippen molar-refractivity contribution < 1.29 is 14.3 Å². The monoisotopic (exact) mass is 257 g/mol. The number of hydrogen-bond acceptors (Lipinski definition) is 3. The molecule has 0 spiro atoms. The van der Waals surface area contributed by atoms with Crippen LogP contribution in [0.25, 0.3) is 0 Å². The first-order valence-electron chi connectivity index (χ1n) is 7.22. The summed E-state index contributed by atoms with van der Waals surface area (Å²) in [5.74, 6) is 0.621. The van der Waals surface area contributed by atoms with Crippen LogP contribution in [0.5, 0.6) is 0 Å². The van der Waals surface area contributed by atoms with E-state index in [2.05, 4.69) is 19.2 Å². The predicted molar refractivity (Wildman–Crippen MR) is 71.2 cm³/mol. The van der Waals surface area contributed by atoms with Crippen molar-refractivity contribution >= 4 is 5.91 Å². The van der Waals surface area contributed by atoms with Crippen molar-refractivity contribution in [2.45, 2.75) is 58.7 Å². The van der Waals surface area contributed by atoms with Crippen molar-refractivity contribution in [2.75, 3.05) is 19.8 Å². The fraction of sp³-hybridized carbons (Fsp3) is 0.929. The first kappa shape index (κ1) is 15.4. The summed E-state index contributed by atoms with van der Waals surface area (Å²) in [6.45, 7) is 6.38. The number of nitrogens with one attached hydrogen (secondary N) is 1. The van der Waals surface area contributed by atoms with E-state index in [1.807, 2.05) is 0 Å². The molecule has 0 aromatic heterocycles. The minimum atomic E-state index is -0.0189. The van der Waals surface area contributed by atoms with E-state index in [9.17, 15) is 4.79 Å². The molecule has 0 aromatic carbocycles. The summed E-state index contributed by atoms with van der Waals surface area (Å²) in [6, 6.07) is 0. The second kappa shape index (κ2) is 9.34. The molecule has 0 aromatic rings. The normalized spacial score (nSPS) is 21.6. The zero-order chi connectivity index (χ0) is 13.2. The molecule has 18 heavy (non-hydrogen) atoms. The third-order valence-corrected chi connectivity index (χ3v) is 3.32. The molecule has 0 unspecified atom stereocenters. The SMILES string of the molecule is CC[C@@H](C)CC(=O)NCCCO[C@@H]1CCCCO1. The Morgan fingerprint density at radius 3 is 3.00 bits per heavy atom. The average molecular weight is 257 g/mol. The molecule has 1 saturated heterocycles. The van der Waals surface area contributed by atoms with Gasteiger partial charge in [-0.1, -0.05) is 20.3 Å². The lowest BCUT2D eigenvalue weighted by molar-refractivity contribution is -0.162. The van der Waals surface area contributed by atoms with Crippen LogP contribution in [-0.2, 0) is 14.3 Å². The van der Waals surface area contributed by atoms with E-state index in [1.54, 1.807) is 0 Å². The van der Waals surface area contributed by atoms with Crippen molar-refractivity contribution in [3.63, 3.8) is 0 Å². The minimum Gasteiger partial charge on any atom is -0.356 e. The molecule has 0 aliphatic carbocycles. The Bertz CT molecular complexity index is 227. The largest absolute Gasteiger partial charge is 0.356 e. The fourth-order valence-corrected chi connectivity index (χ4v) is 1.89. The van der Waals surface area contributed by atoms with E-state index >= 15 is 0 Å². The van der Waals surface area contributed by atoms with Gasteiger partial charge in [-0.2, -0.15) is 0 Å². The summed E-state index contributed by atoms with van der Waals surface area (Å²) in [4.78, 5) is 11.5. The molecular formula is C14H27NO3. The van der Waals surface area contributed by atoms with E-state index in [4.69, 9.17) is 9.47 Å². The number of ether oxygens (including phenoxy) is 2. The maximum Gasteiger partial charge on any atom is 0.220 e. The summed E-state index contributed by atoms with van der Waals surface area (Å²) >= 11 is 0. The van der Waals surface area contributed by atoms with Crippen molar-refractivity contribution in [2.24, 2.45) is 5.92 Å². The summed E-state index contributed by atoms with van der Waals surface area (Å²) in [7, 11) is 0. The Balaban J connectivity index is 1.92. The Kier molecular flexibility index (Phi) is 8.01. The zero-order valence-corrected chi connectivity index (χ0v) is 11.7. The van der Waals surface area contributed by atoms with E-state index in [-0.39, 0.29) is 12.2 Å². The van der Waals surface area contributed by atoms with Gasteiger partial charge < -0.3 is 14.8 Å². The van der Waals surface area contributed by atoms with E-state index in [0.717, 1.165) is 32.3 Å². The Hall–Kier alpha value is -0.610. The lowest BCUT2D eigenvalue weighted by atomic mass is 10.1. The highest BCUT2D eigenvalue weighted by molar-refractivity contribution is 5.76. The molecule has 106 valence electrons. The summed E-state index contributed by atoms with van der Waals surface area (Å²) in [6.07, 6.45) is 5.85. The van der Waals surface area contributed by atoms with Gasteiger partial charge in [0.15, 0.2) is 6.29 Å². The second-order valence-electron chi connectivity index (χ2n) is 5.09. The Morgan fingerprint density at radius 2 is 2.33 bits per heavy atom. The molecule has 2 atom stereocenters. The van der Waals surface area contributed by atoms with Gasteiger partial charge in [0, 0.05) is 19.6 Å². The summed E-state index contributed by atoms with van der Waals surface area (Å²) in [5.41, 5.74) is 0. The molecule has 1 amide bonds. The van der Waals surface area contributed by atoms with E-state index in [0.29, 0.717) is 25.5 Å². The molecule has 4 nitrogen and oxygen atoms in total. The highest BCUT2D eigenvalue weighted by atomic mass is 16.7. The van der Waals surface area contributed by atoms with Crippen molar-refractivity contribution in [1.82, 2.24) is 5.32 Å². The van der Waals surface area contributed by atoms with Crippen molar-refractivity contribution in [3.05, 3.63) is 0 Å². The number of hydrogen-bond donors (Lipinski definition) is 1. The van der Waals surface area contributed by atoms with Crippen molar-refractivity contribution in [1.29, 1.82) is 0 Å². The second-order valence-corrected chi connectivity index (χ2v) is 5.09. The molecule has 0 saturated carbocycles. The standard InChI is InChI=1S/C14H27NO3/c1-3-12(2)11-13(16)15-8-6-10-18-14-7-4-5-9-17-14/h12,14H,3-11H2,1-2H3,(H,15,16)/t12-,14-/m1/s1. The predicted octanol–water partition coefficient (Wildman–Crippen LogP) is 2.47. The van der Waals surface area contributed by atoms with Gasteiger partial charge in [0.05, 0.1) is 6.61 Å². The van der Waals surface area contributed by atoms with Gasteiger partial charge in [-0.15, -0.1) is 0 Å². The highest BCUT2D eigenvalue weighted by Gasteiger charge is 2.13. The van der Waals surface area contributed by atoms with Gasteiger partial charge >= 0.3 is 0 Å². The van der Waals surface area contributed by atoms with Crippen LogP contribution in [0.15, 0.2) is 0 Å². The Labute approximate surface area is 110 Å². The molecule has 1 aliphatic rings. The zero-order valence-electron chi connectivity index (χ0n) is 11.7. The minimum absolute atomic E-state index is 0.0189. The summed E-state index contributed by atoms with van der Waals surface area (Å²) in [5, 5.41) is 2.93. The molecule has 1 fully saturated rings. The number of carbonyl (C=O) groups excluding carboxylic acids is 1. The quantitative estimate of drug-likeness (QED) is 0.680. The molecule has 1 heterocycles. The molecule has 0 bridgehead atoms. The van der Waals surface area contributed by atoms with Gasteiger partial charge in [-0.05, 0) is 31.6 Å². The summed E-state index contributed by atoms with van der Waals surface area (Å²) < 4.78 is 11.1. The molecule has 1 rings (SSSR count). The van der Waals surface area contributed by atoms with Gasteiger partial charge in [-0.3, -0.25) is 4.79 Å². The first-order valence-corrected chi connectivity index (χ1v) is 7.22. The Morgan fingerprint density at radius 1 is 1.50 bits per heavy atom. The molecule has 0 radical (unpaired) electrons. The number of carbonyl (C=O) groups is 1. The van der Waals surface area contributed by atoms with Gasteiger partial charge in [0.1, 0.15) is 0 Å². The van der Waals surface area contributed by atoms with Crippen LogP contribution in [-0.4, -0.2) is 32.0 Å². The van der Waals surface area contributed by atoms with Crippen LogP contribution < -0.4 is 5.32 Å². The third-order valence-electron chi connectivity index (χ3n) is 3.32.